The number of para-hydroxylation sites is 6. The molecule has 1 fully saturated rings. The third-order valence-corrected chi connectivity index (χ3v) is 19.6. The van der Waals surface area contributed by atoms with E-state index < -0.39 is 0 Å². The summed E-state index contributed by atoms with van der Waals surface area (Å²) < 4.78 is 4.98. The van der Waals surface area contributed by atoms with Crippen LogP contribution >= 0.6 is 0 Å². The van der Waals surface area contributed by atoms with E-state index in [0.29, 0.717) is 5.92 Å². The molecule has 418 valence electrons. The zero-order valence-corrected chi connectivity index (χ0v) is 48.6. The van der Waals surface area contributed by atoms with Crippen molar-refractivity contribution in [2.75, 3.05) is 21.2 Å². The fraction of sp³-hybridized carbons (Fsp3) is 0.122. The molecule has 3 heterocycles. The van der Waals surface area contributed by atoms with Gasteiger partial charge in [-0.2, -0.15) is 0 Å². The van der Waals surface area contributed by atoms with Crippen LogP contribution in [-0.4, -0.2) is 21.2 Å². The van der Waals surface area contributed by atoms with Crippen LogP contribution in [0.25, 0.3) is 61.3 Å². The highest BCUT2D eigenvalue weighted by molar-refractivity contribution is 6.11. The third-order valence-electron chi connectivity index (χ3n) is 19.6. The van der Waals surface area contributed by atoms with E-state index in [1.54, 1.807) is 5.57 Å². The van der Waals surface area contributed by atoms with Crippen LogP contribution < -0.4 is 14.7 Å². The van der Waals surface area contributed by atoms with Crippen LogP contribution in [0.2, 0.25) is 0 Å². The van der Waals surface area contributed by atoms with Crippen molar-refractivity contribution >= 4 is 61.5 Å². The Morgan fingerprint density at radius 3 is 1.71 bits per heavy atom. The molecule has 5 heteroatoms. The minimum Gasteiger partial charge on any atom is -0.341 e. The van der Waals surface area contributed by atoms with Crippen LogP contribution in [0.5, 0.6) is 0 Å². The second kappa shape index (κ2) is 20.7. The lowest BCUT2D eigenvalue weighted by Crippen LogP contribution is -2.43. The van der Waals surface area contributed by atoms with Crippen molar-refractivity contribution in [1.82, 2.24) is 9.13 Å². The molecule has 4 unspecified atom stereocenters. The van der Waals surface area contributed by atoms with Gasteiger partial charge >= 0.3 is 0 Å². The summed E-state index contributed by atoms with van der Waals surface area (Å²) in [5.74, 6) is 0.657. The van der Waals surface area contributed by atoms with Gasteiger partial charge < -0.3 is 23.8 Å². The number of benzene rings is 9. The normalized spacial score (nSPS) is 20.6. The Bertz CT molecular complexity index is 4710. The summed E-state index contributed by atoms with van der Waals surface area (Å²) in [5, 5.41) is 3.88. The van der Waals surface area contributed by atoms with Crippen LogP contribution in [0.3, 0.4) is 0 Å². The summed E-state index contributed by atoms with van der Waals surface area (Å²) in [4.78, 5) is 7.61. The maximum atomic E-state index is 2.67. The minimum atomic E-state index is -0.227. The van der Waals surface area contributed by atoms with Gasteiger partial charge in [-0.25, -0.2) is 0 Å². The number of rotatable bonds is 12. The Balaban J connectivity index is 0.754. The van der Waals surface area contributed by atoms with Crippen molar-refractivity contribution in [3.63, 3.8) is 0 Å². The van der Waals surface area contributed by atoms with Gasteiger partial charge in [-0.1, -0.05) is 176 Å². The number of aromatic nitrogens is 2. The predicted molar refractivity (Wildman–Crippen MR) is 363 cm³/mol. The van der Waals surface area contributed by atoms with Gasteiger partial charge in [0.2, 0.25) is 0 Å². The average Bonchev–Trinajstić information content (AvgIpc) is 1.56. The van der Waals surface area contributed by atoms with E-state index in [-0.39, 0.29) is 16.9 Å². The topological polar surface area (TPSA) is 19.6 Å². The Hall–Kier alpha value is -10.4. The summed E-state index contributed by atoms with van der Waals surface area (Å²) in [6, 6.07) is 87.4. The molecule has 1 aliphatic heterocycles. The zero-order valence-electron chi connectivity index (χ0n) is 48.6. The highest BCUT2D eigenvalue weighted by atomic mass is 15.2. The molecule has 87 heavy (non-hydrogen) atoms. The van der Waals surface area contributed by atoms with E-state index in [0.717, 1.165) is 50.0 Å². The lowest BCUT2D eigenvalue weighted by Gasteiger charge is -2.41. The lowest BCUT2D eigenvalue weighted by atomic mass is 9.81. The van der Waals surface area contributed by atoms with Crippen molar-refractivity contribution < 1.29 is 0 Å². The molecule has 9 aromatic carbocycles. The molecule has 1 spiro atoms. The fourth-order valence-electron chi connectivity index (χ4n) is 15.5. The molecule has 6 aliphatic rings. The fourth-order valence-corrected chi connectivity index (χ4v) is 15.5. The first-order valence-corrected chi connectivity index (χ1v) is 31.1. The van der Waals surface area contributed by atoms with Gasteiger partial charge in [0.15, 0.2) is 0 Å². The van der Waals surface area contributed by atoms with Gasteiger partial charge in [0.05, 0.1) is 27.8 Å². The first-order chi connectivity index (χ1) is 43.1. The smallest absolute Gasteiger partial charge is 0.0710 e. The van der Waals surface area contributed by atoms with Crippen molar-refractivity contribution in [2.45, 2.75) is 49.0 Å². The summed E-state index contributed by atoms with van der Waals surface area (Å²) in [6.07, 6.45) is 33.3. The van der Waals surface area contributed by atoms with Crippen LogP contribution in [-0.2, 0) is 5.41 Å². The number of anilines is 4. The Kier molecular flexibility index (Phi) is 12.2. The van der Waals surface area contributed by atoms with E-state index in [1.807, 2.05) is 0 Å². The van der Waals surface area contributed by atoms with Gasteiger partial charge in [0.25, 0.3) is 0 Å². The molecule has 4 atom stereocenters. The summed E-state index contributed by atoms with van der Waals surface area (Å²) in [6.45, 7) is 0.851. The van der Waals surface area contributed by atoms with Gasteiger partial charge in [-0.05, 0) is 199 Å². The molecule has 2 aromatic heterocycles. The Morgan fingerprint density at radius 2 is 1.06 bits per heavy atom. The van der Waals surface area contributed by atoms with Crippen molar-refractivity contribution in [1.29, 1.82) is 0 Å². The highest BCUT2D eigenvalue weighted by Gasteiger charge is 2.61. The molecular weight excluding hydrogens is 1050 g/mol. The molecular formula is C82H65N5. The van der Waals surface area contributed by atoms with Crippen molar-refractivity contribution in [2.24, 2.45) is 5.92 Å². The molecule has 0 bridgehead atoms. The maximum Gasteiger partial charge on any atom is 0.0710 e. The van der Waals surface area contributed by atoms with E-state index in [9.17, 15) is 0 Å². The first-order valence-electron chi connectivity index (χ1n) is 31.1. The molecule has 1 saturated carbocycles. The molecule has 11 aromatic rings. The van der Waals surface area contributed by atoms with E-state index >= 15 is 0 Å². The van der Waals surface area contributed by atoms with E-state index in [4.69, 9.17) is 0 Å². The quantitative estimate of drug-likeness (QED) is 0.122. The lowest BCUT2D eigenvalue weighted by molar-refractivity contribution is 0.525. The zero-order chi connectivity index (χ0) is 57.5. The number of nitrogens with zero attached hydrogens (tertiary/aromatic N) is 5. The molecule has 0 saturated heterocycles. The largest absolute Gasteiger partial charge is 0.341 e. The maximum absolute atomic E-state index is 2.67. The molecule has 0 amide bonds. The van der Waals surface area contributed by atoms with E-state index in [2.05, 4.69) is 333 Å². The van der Waals surface area contributed by atoms with Crippen molar-refractivity contribution in [3.8, 4) is 22.5 Å². The molecule has 5 aliphatic carbocycles. The SMILES string of the molecule is C1=CCC=C(N(CC2CC=Cc3c2c2cc(-c4ccc5c(c4)c4cc(C67C=CC8=C(CC9(C=CC(N(c%10ccccc%10)c%10ccccc%10)=CC9)N8c8ccccc8)C6C7)ccc4n5-c4ccccc4)ccc2n3-c2ccccc2)c2ccccc2)C=C1. The first kappa shape index (κ1) is 51.1. The molecule has 17 rings (SSSR count). The van der Waals surface area contributed by atoms with Crippen molar-refractivity contribution in [3.05, 3.63) is 343 Å². The van der Waals surface area contributed by atoms with Crippen LogP contribution in [0.4, 0.5) is 22.7 Å². The second-order valence-electron chi connectivity index (χ2n) is 24.4. The van der Waals surface area contributed by atoms with Gasteiger partial charge in [0, 0.05) is 85.3 Å². The number of hydrogen-bond donors (Lipinski definition) is 0. The molecule has 5 nitrogen and oxygen atoms in total. The Morgan fingerprint density at radius 1 is 0.471 bits per heavy atom. The standard InChI is InChI=1S/C82H65N5/c1-2-10-26-62(25-9-1)83(63-27-11-3-12-28-63)57-60-24-23-39-79-80(60)72-53-59(41-44-77(72)86(79)67-35-19-7-20-36-67)58-40-43-75-70(52-58)71-54-61(42-45-76(71)85(75)66-33-17-6-18-34-66)82-51-48-78-73(74(82)56-82)55-81(87(78)69-37-21-8-22-38-69)49-46-68(47-50-81)84(64-29-13-4-14-30-64)65-31-15-5-16-32-65/h1-9,11-23,25-49,51-54,60,74H,10,24,50,55-57H2. The summed E-state index contributed by atoms with van der Waals surface area (Å²) in [5.41, 5.74) is 22.4. The van der Waals surface area contributed by atoms with Crippen LogP contribution in [0, 0.1) is 5.92 Å². The summed E-state index contributed by atoms with van der Waals surface area (Å²) >= 11 is 0. The second-order valence-corrected chi connectivity index (χ2v) is 24.4. The highest BCUT2D eigenvalue weighted by Crippen LogP contribution is 2.66. The van der Waals surface area contributed by atoms with Gasteiger partial charge in [0.1, 0.15) is 0 Å². The predicted octanol–water partition coefficient (Wildman–Crippen LogP) is 20.2. The number of fused-ring (bicyclic) bond motifs is 8. The third kappa shape index (κ3) is 8.50. The van der Waals surface area contributed by atoms with Crippen LogP contribution in [0.1, 0.15) is 54.8 Å². The average molecular weight is 1120 g/mol. The Labute approximate surface area is 509 Å². The monoisotopic (exact) mass is 1120 g/mol. The minimum absolute atomic E-state index is 0.0759. The number of allylic oxidation sites excluding steroid dienone is 9. The van der Waals surface area contributed by atoms with Crippen LogP contribution in [0.15, 0.2) is 326 Å². The van der Waals surface area contributed by atoms with Gasteiger partial charge in [-0.15, -0.1) is 0 Å². The van der Waals surface area contributed by atoms with E-state index in [1.165, 1.54) is 100 Å². The number of hydrogen-bond acceptors (Lipinski definition) is 3. The molecule has 0 radical (unpaired) electrons. The summed E-state index contributed by atoms with van der Waals surface area (Å²) in [7, 11) is 0. The molecule has 0 N–H and O–H groups in total. The van der Waals surface area contributed by atoms with Gasteiger partial charge in [-0.3, -0.25) is 0 Å².